The number of aromatic amines is 1. The normalized spacial score (nSPS) is 10.5. The second kappa shape index (κ2) is 3.09. The summed E-state index contributed by atoms with van der Waals surface area (Å²) in [6.45, 7) is 3.88. The van der Waals surface area contributed by atoms with Crippen molar-refractivity contribution < 1.29 is 0 Å². The van der Waals surface area contributed by atoms with Crippen LogP contribution in [0.5, 0.6) is 0 Å². The number of H-pyrrole nitrogens is 1. The van der Waals surface area contributed by atoms with Gasteiger partial charge in [-0.2, -0.15) is 0 Å². The molecule has 0 unspecified atom stereocenters. The minimum Gasteiger partial charge on any atom is -0.329 e. The molecule has 3 heteroatoms. The maximum Gasteiger partial charge on any atom is 0.252 e. The summed E-state index contributed by atoms with van der Waals surface area (Å²) >= 11 is 5.80. The van der Waals surface area contributed by atoms with Crippen molar-refractivity contribution in [3.05, 3.63) is 33.2 Å². The van der Waals surface area contributed by atoms with Crippen LogP contribution in [-0.2, 0) is 0 Å². The van der Waals surface area contributed by atoms with E-state index in [1.54, 1.807) is 12.3 Å². The van der Waals surface area contributed by atoms with Crippen molar-refractivity contribution in [3.63, 3.8) is 0 Å². The van der Waals surface area contributed by atoms with Gasteiger partial charge < -0.3 is 4.98 Å². The van der Waals surface area contributed by atoms with Gasteiger partial charge in [-0.3, -0.25) is 4.79 Å². The topological polar surface area (TPSA) is 32.9 Å². The lowest BCUT2D eigenvalue weighted by molar-refractivity contribution is 0.844. The fourth-order valence-electron chi connectivity index (χ4n) is 1.00. The van der Waals surface area contributed by atoms with E-state index in [1.807, 2.05) is 13.8 Å². The van der Waals surface area contributed by atoms with Gasteiger partial charge in [0.25, 0.3) is 5.56 Å². The zero-order valence-corrected chi connectivity index (χ0v) is 7.27. The number of hydrogen-bond donors (Lipinski definition) is 1. The van der Waals surface area contributed by atoms with Crippen LogP contribution in [0.25, 0.3) is 0 Å². The van der Waals surface area contributed by atoms with Crippen LogP contribution in [0.3, 0.4) is 0 Å². The van der Waals surface area contributed by atoms with Crippen LogP contribution in [0.15, 0.2) is 17.1 Å². The molecule has 0 aliphatic heterocycles. The third-order valence-electron chi connectivity index (χ3n) is 1.52. The van der Waals surface area contributed by atoms with Crippen LogP contribution in [0.4, 0.5) is 0 Å². The van der Waals surface area contributed by atoms with Gasteiger partial charge in [-0.1, -0.05) is 25.4 Å². The highest BCUT2D eigenvalue weighted by molar-refractivity contribution is 6.31. The highest BCUT2D eigenvalue weighted by atomic mass is 35.5. The molecule has 2 nitrogen and oxygen atoms in total. The molecule has 1 aromatic heterocycles. The van der Waals surface area contributed by atoms with Crippen molar-refractivity contribution in [2.75, 3.05) is 0 Å². The smallest absolute Gasteiger partial charge is 0.252 e. The molecule has 1 N–H and O–H groups in total. The lowest BCUT2D eigenvalue weighted by Crippen LogP contribution is -2.13. The van der Waals surface area contributed by atoms with Gasteiger partial charge in [0.15, 0.2) is 0 Å². The Hall–Kier alpha value is -0.760. The van der Waals surface area contributed by atoms with Gasteiger partial charge in [0.05, 0.1) is 5.02 Å². The summed E-state index contributed by atoms with van der Waals surface area (Å²) in [5.74, 6) is 0.174. The Kier molecular flexibility index (Phi) is 2.35. The number of aromatic nitrogens is 1. The van der Waals surface area contributed by atoms with Crippen LogP contribution >= 0.6 is 11.6 Å². The minimum absolute atomic E-state index is 0.0903. The molecule has 0 aliphatic carbocycles. The second-order valence-corrected chi connectivity index (χ2v) is 3.13. The van der Waals surface area contributed by atoms with E-state index in [2.05, 4.69) is 4.98 Å². The van der Waals surface area contributed by atoms with E-state index in [0.717, 1.165) is 0 Å². The summed E-state index contributed by atoms with van der Waals surface area (Å²) < 4.78 is 0. The SMILES string of the molecule is CC(C)c1c(Cl)cc[nH]c1=O. The lowest BCUT2D eigenvalue weighted by Gasteiger charge is -2.04. The molecule has 1 rings (SSSR count). The monoisotopic (exact) mass is 171 g/mol. The molecule has 0 saturated carbocycles. The largest absolute Gasteiger partial charge is 0.329 e. The summed E-state index contributed by atoms with van der Waals surface area (Å²) in [5, 5.41) is 0.545. The fraction of sp³-hybridized carbons (Fsp3) is 0.375. The Morgan fingerprint density at radius 1 is 1.55 bits per heavy atom. The van der Waals surface area contributed by atoms with E-state index in [4.69, 9.17) is 11.6 Å². The molecule has 1 heterocycles. The maximum absolute atomic E-state index is 11.1. The van der Waals surface area contributed by atoms with Gasteiger partial charge in [0.1, 0.15) is 0 Å². The van der Waals surface area contributed by atoms with Crippen molar-refractivity contribution in [1.29, 1.82) is 0 Å². The molecule has 0 fully saturated rings. The van der Waals surface area contributed by atoms with Gasteiger partial charge in [-0.15, -0.1) is 0 Å². The minimum atomic E-state index is -0.0903. The first-order valence-corrected chi connectivity index (χ1v) is 3.88. The number of hydrogen-bond acceptors (Lipinski definition) is 1. The van der Waals surface area contributed by atoms with Crippen LogP contribution in [0.1, 0.15) is 25.3 Å². The molecule has 0 aliphatic rings. The molecule has 0 aromatic carbocycles. The molecule has 0 radical (unpaired) electrons. The molecular weight excluding hydrogens is 162 g/mol. The highest BCUT2D eigenvalue weighted by Crippen LogP contribution is 2.18. The van der Waals surface area contributed by atoms with Crippen LogP contribution in [-0.4, -0.2) is 4.98 Å². The summed E-state index contributed by atoms with van der Waals surface area (Å²) in [7, 11) is 0. The van der Waals surface area contributed by atoms with E-state index in [0.29, 0.717) is 10.6 Å². The standard InChI is InChI=1S/C8H10ClNO/c1-5(2)7-6(9)3-4-10-8(7)11/h3-5H,1-2H3,(H,10,11). The first-order valence-electron chi connectivity index (χ1n) is 3.50. The molecule has 60 valence electrons. The van der Waals surface area contributed by atoms with Gasteiger partial charge in [-0.05, 0) is 12.0 Å². The van der Waals surface area contributed by atoms with E-state index < -0.39 is 0 Å². The number of nitrogens with one attached hydrogen (secondary N) is 1. The Balaban J connectivity index is 3.33. The van der Waals surface area contributed by atoms with E-state index in [9.17, 15) is 4.79 Å². The summed E-state index contributed by atoms with van der Waals surface area (Å²) in [4.78, 5) is 13.7. The number of rotatable bonds is 1. The second-order valence-electron chi connectivity index (χ2n) is 2.72. The predicted molar refractivity (Wildman–Crippen MR) is 46.2 cm³/mol. The summed E-state index contributed by atoms with van der Waals surface area (Å²) in [6, 6.07) is 1.69. The third kappa shape index (κ3) is 1.63. The maximum atomic E-state index is 11.1. The van der Waals surface area contributed by atoms with Gasteiger partial charge >= 0.3 is 0 Å². The summed E-state index contributed by atoms with van der Waals surface area (Å²) in [6.07, 6.45) is 1.55. The molecular formula is C8H10ClNO. The average Bonchev–Trinajstić information content (AvgIpc) is 1.85. The quantitative estimate of drug-likeness (QED) is 0.690. The third-order valence-corrected chi connectivity index (χ3v) is 1.85. The van der Waals surface area contributed by atoms with Gasteiger partial charge in [-0.25, -0.2) is 0 Å². The lowest BCUT2D eigenvalue weighted by atomic mass is 10.1. The van der Waals surface area contributed by atoms with Crippen LogP contribution in [0, 0.1) is 0 Å². The zero-order valence-electron chi connectivity index (χ0n) is 6.52. The number of halogens is 1. The Morgan fingerprint density at radius 3 is 2.55 bits per heavy atom. The zero-order chi connectivity index (χ0) is 8.43. The van der Waals surface area contributed by atoms with Gasteiger partial charge in [0, 0.05) is 11.8 Å². The molecule has 0 bridgehead atoms. The first-order chi connectivity index (χ1) is 5.13. The van der Waals surface area contributed by atoms with Crippen LogP contribution in [0.2, 0.25) is 5.02 Å². The van der Waals surface area contributed by atoms with Crippen molar-refractivity contribution in [2.24, 2.45) is 0 Å². The molecule has 11 heavy (non-hydrogen) atoms. The summed E-state index contributed by atoms with van der Waals surface area (Å²) in [5.41, 5.74) is 0.571. The first kappa shape index (κ1) is 8.34. The van der Waals surface area contributed by atoms with Crippen molar-refractivity contribution in [1.82, 2.24) is 4.98 Å². The highest BCUT2D eigenvalue weighted by Gasteiger charge is 2.07. The fourth-order valence-corrected chi connectivity index (χ4v) is 1.37. The van der Waals surface area contributed by atoms with E-state index in [-0.39, 0.29) is 11.5 Å². The Bertz CT molecular complexity index is 303. The Morgan fingerprint density at radius 2 is 2.18 bits per heavy atom. The number of pyridine rings is 1. The van der Waals surface area contributed by atoms with E-state index >= 15 is 0 Å². The van der Waals surface area contributed by atoms with E-state index in [1.165, 1.54) is 0 Å². The van der Waals surface area contributed by atoms with Crippen molar-refractivity contribution in [2.45, 2.75) is 19.8 Å². The Labute approximate surface area is 70.2 Å². The average molecular weight is 172 g/mol. The van der Waals surface area contributed by atoms with Crippen molar-refractivity contribution in [3.8, 4) is 0 Å². The molecule has 0 spiro atoms. The predicted octanol–water partition coefficient (Wildman–Crippen LogP) is 2.15. The molecule has 0 atom stereocenters. The molecule has 1 aromatic rings. The molecule has 0 amide bonds. The van der Waals surface area contributed by atoms with Crippen LogP contribution < -0.4 is 5.56 Å². The van der Waals surface area contributed by atoms with Crippen molar-refractivity contribution >= 4 is 11.6 Å². The van der Waals surface area contributed by atoms with Gasteiger partial charge in [0.2, 0.25) is 0 Å². The molecule has 0 saturated heterocycles.